The van der Waals surface area contributed by atoms with Gasteiger partial charge in [-0.3, -0.25) is 0 Å². The van der Waals surface area contributed by atoms with E-state index in [2.05, 4.69) is 4.74 Å². The number of hydrogen-bond acceptors (Lipinski definition) is 6. The van der Waals surface area contributed by atoms with Crippen LogP contribution < -0.4 is 0 Å². The summed E-state index contributed by atoms with van der Waals surface area (Å²) in [5.41, 5.74) is 0. The quantitative estimate of drug-likeness (QED) is 0.568. The Morgan fingerprint density at radius 2 is 2.38 bits per heavy atom. The maximum absolute atomic E-state index is 11.4. The molecule has 92 valence electrons. The normalized spacial score (nSPS) is 24.1. The summed E-state index contributed by atoms with van der Waals surface area (Å²) in [6, 6.07) is 0. The van der Waals surface area contributed by atoms with Crippen LogP contribution in [0.25, 0.3) is 0 Å². The van der Waals surface area contributed by atoms with E-state index >= 15 is 0 Å². The smallest absolute Gasteiger partial charge is 0.335 e. The summed E-state index contributed by atoms with van der Waals surface area (Å²) in [5, 5.41) is 0. The van der Waals surface area contributed by atoms with Crippen LogP contribution in [0.3, 0.4) is 0 Å². The first kappa shape index (κ1) is 13.7. The Morgan fingerprint density at radius 3 is 3.00 bits per heavy atom. The van der Waals surface area contributed by atoms with Gasteiger partial charge in [0.25, 0.3) is 0 Å². The fourth-order valence-electron chi connectivity index (χ4n) is 1.52. The summed E-state index contributed by atoms with van der Waals surface area (Å²) in [5.74, 6) is 0.597. The average Bonchev–Trinajstić information content (AvgIpc) is 2.74. The Labute approximate surface area is 105 Å². The van der Waals surface area contributed by atoms with Gasteiger partial charge in [0.1, 0.15) is 0 Å². The van der Waals surface area contributed by atoms with Gasteiger partial charge in [-0.2, -0.15) is 0 Å². The van der Waals surface area contributed by atoms with E-state index in [-0.39, 0.29) is 11.9 Å². The standard InChI is InChI=1S/C10H16O4S2/c1-3-13-10(15)16-6-7-4-5-14-8(7)9(11)12-2/h7-8H,3-6H2,1-2H3/t7-,8+/m0/s1. The van der Waals surface area contributed by atoms with Crippen LogP contribution in [0.1, 0.15) is 13.3 Å². The topological polar surface area (TPSA) is 44.8 Å². The summed E-state index contributed by atoms with van der Waals surface area (Å²) >= 11 is 6.46. The highest BCUT2D eigenvalue weighted by molar-refractivity contribution is 8.22. The van der Waals surface area contributed by atoms with Gasteiger partial charge in [-0.15, -0.1) is 0 Å². The largest absolute Gasteiger partial charge is 0.479 e. The van der Waals surface area contributed by atoms with E-state index < -0.39 is 6.10 Å². The van der Waals surface area contributed by atoms with E-state index in [1.165, 1.54) is 18.9 Å². The van der Waals surface area contributed by atoms with Crippen molar-refractivity contribution in [1.29, 1.82) is 0 Å². The lowest BCUT2D eigenvalue weighted by Gasteiger charge is -2.15. The number of methoxy groups -OCH3 is 1. The van der Waals surface area contributed by atoms with Crippen molar-refractivity contribution in [2.45, 2.75) is 19.4 Å². The molecule has 1 saturated heterocycles. The molecule has 1 fully saturated rings. The Balaban J connectivity index is 2.35. The molecule has 4 nitrogen and oxygen atoms in total. The molecule has 1 heterocycles. The lowest BCUT2D eigenvalue weighted by molar-refractivity contribution is -0.152. The van der Waals surface area contributed by atoms with E-state index in [1.54, 1.807) is 0 Å². The molecule has 0 bridgehead atoms. The molecule has 1 rings (SSSR count). The number of carbonyl (C=O) groups excluding carboxylic acids is 1. The molecule has 0 spiro atoms. The number of thiocarbonyl (C=S) groups is 1. The fourth-order valence-corrected chi connectivity index (χ4v) is 2.73. The van der Waals surface area contributed by atoms with Gasteiger partial charge in [-0.25, -0.2) is 4.79 Å². The van der Waals surface area contributed by atoms with Gasteiger partial charge in [0, 0.05) is 18.3 Å². The zero-order chi connectivity index (χ0) is 12.0. The van der Waals surface area contributed by atoms with Crippen LogP contribution in [0.4, 0.5) is 0 Å². The number of carbonyl (C=O) groups is 1. The van der Waals surface area contributed by atoms with Crippen molar-refractivity contribution in [3.05, 3.63) is 0 Å². The van der Waals surface area contributed by atoms with Crippen LogP contribution in [0.5, 0.6) is 0 Å². The Morgan fingerprint density at radius 1 is 1.62 bits per heavy atom. The highest BCUT2D eigenvalue weighted by Gasteiger charge is 2.35. The van der Waals surface area contributed by atoms with Gasteiger partial charge >= 0.3 is 5.97 Å². The molecule has 0 aromatic carbocycles. The Hall–Kier alpha value is -0.330. The maximum atomic E-state index is 11.4. The minimum Gasteiger partial charge on any atom is -0.479 e. The first-order valence-electron chi connectivity index (χ1n) is 5.18. The molecule has 0 N–H and O–H groups in total. The molecule has 0 amide bonds. The second-order valence-corrected chi connectivity index (χ2v) is 4.98. The van der Waals surface area contributed by atoms with Crippen molar-refractivity contribution >= 4 is 34.3 Å². The van der Waals surface area contributed by atoms with Crippen molar-refractivity contribution in [1.82, 2.24) is 0 Å². The van der Waals surface area contributed by atoms with Crippen molar-refractivity contribution in [2.75, 3.05) is 26.1 Å². The summed E-state index contributed by atoms with van der Waals surface area (Å²) in [4.78, 5) is 11.4. The van der Waals surface area contributed by atoms with Gasteiger partial charge in [0.15, 0.2) is 6.10 Å². The second-order valence-electron chi connectivity index (χ2n) is 3.36. The van der Waals surface area contributed by atoms with E-state index in [0.717, 1.165) is 12.2 Å². The van der Waals surface area contributed by atoms with Gasteiger partial charge in [-0.05, 0) is 25.6 Å². The monoisotopic (exact) mass is 264 g/mol. The average molecular weight is 264 g/mol. The molecular formula is C10H16O4S2. The molecule has 6 heteroatoms. The van der Waals surface area contributed by atoms with Crippen molar-refractivity contribution in [3.8, 4) is 0 Å². The van der Waals surface area contributed by atoms with Crippen LogP contribution in [-0.2, 0) is 19.0 Å². The fraction of sp³-hybridized carbons (Fsp3) is 0.800. The van der Waals surface area contributed by atoms with Crippen LogP contribution in [0.2, 0.25) is 0 Å². The van der Waals surface area contributed by atoms with E-state index in [1.807, 2.05) is 6.92 Å². The number of hydrogen-bond donors (Lipinski definition) is 0. The number of esters is 1. The maximum Gasteiger partial charge on any atom is 0.335 e. The number of ether oxygens (including phenoxy) is 3. The SMILES string of the molecule is CCOC(=S)SC[C@@H]1CCO[C@H]1C(=O)OC. The van der Waals surface area contributed by atoms with Crippen molar-refractivity contribution in [3.63, 3.8) is 0 Å². The van der Waals surface area contributed by atoms with Crippen molar-refractivity contribution < 1.29 is 19.0 Å². The van der Waals surface area contributed by atoms with Gasteiger partial charge in [0.05, 0.1) is 13.7 Å². The number of rotatable bonds is 4. The molecule has 0 aliphatic carbocycles. The molecule has 1 aliphatic heterocycles. The van der Waals surface area contributed by atoms with Crippen LogP contribution in [0.15, 0.2) is 0 Å². The molecule has 0 radical (unpaired) electrons. The Kier molecular flexibility index (Phi) is 6.08. The minimum atomic E-state index is -0.443. The predicted molar refractivity (Wildman–Crippen MR) is 66.5 cm³/mol. The predicted octanol–water partition coefficient (Wildman–Crippen LogP) is 1.62. The van der Waals surface area contributed by atoms with E-state index in [4.69, 9.17) is 21.7 Å². The lowest BCUT2D eigenvalue weighted by atomic mass is 10.0. The van der Waals surface area contributed by atoms with Gasteiger partial charge in [-0.1, -0.05) is 11.8 Å². The molecular weight excluding hydrogens is 248 g/mol. The molecule has 0 unspecified atom stereocenters. The van der Waals surface area contributed by atoms with E-state index in [0.29, 0.717) is 17.6 Å². The van der Waals surface area contributed by atoms with Gasteiger partial charge in [0.2, 0.25) is 4.38 Å². The minimum absolute atomic E-state index is 0.163. The molecule has 2 atom stereocenters. The third-order valence-electron chi connectivity index (χ3n) is 2.33. The lowest BCUT2D eigenvalue weighted by Crippen LogP contribution is -2.29. The first-order chi connectivity index (χ1) is 7.69. The summed E-state index contributed by atoms with van der Waals surface area (Å²) in [7, 11) is 1.37. The molecule has 0 aromatic heterocycles. The van der Waals surface area contributed by atoms with Crippen LogP contribution >= 0.6 is 24.0 Å². The molecule has 1 aliphatic rings. The van der Waals surface area contributed by atoms with Crippen LogP contribution in [-0.4, -0.2) is 42.5 Å². The molecule has 0 aromatic rings. The van der Waals surface area contributed by atoms with Crippen LogP contribution in [0, 0.1) is 5.92 Å². The molecule has 16 heavy (non-hydrogen) atoms. The summed E-state index contributed by atoms with van der Waals surface area (Å²) in [6.45, 7) is 3.07. The van der Waals surface area contributed by atoms with Crippen molar-refractivity contribution in [2.24, 2.45) is 5.92 Å². The highest BCUT2D eigenvalue weighted by Crippen LogP contribution is 2.26. The summed E-state index contributed by atoms with van der Waals surface area (Å²) < 4.78 is 15.7. The Bertz CT molecular complexity index is 257. The first-order valence-corrected chi connectivity index (χ1v) is 6.57. The third kappa shape index (κ3) is 3.92. The van der Waals surface area contributed by atoms with Gasteiger partial charge < -0.3 is 14.2 Å². The zero-order valence-electron chi connectivity index (χ0n) is 9.43. The zero-order valence-corrected chi connectivity index (χ0v) is 11.1. The second kappa shape index (κ2) is 7.09. The van der Waals surface area contributed by atoms with E-state index in [9.17, 15) is 4.79 Å². The molecule has 0 saturated carbocycles. The number of thioether (sulfide) groups is 1. The summed E-state index contributed by atoms with van der Waals surface area (Å²) in [6.07, 6.45) is 0.420. The highest BCUT2D eigenvalue weighted by atomic mass is 32.2. The third-order valence-corrected chi connectivity index (χ3v) is 3.74.